The van der Waals surface area contributed by atoms with Crippen molar-refractivity contribution in [2.24, 2.45) is 40.4 Å². The molecule has 5 aliphatic rings. The van der Waals surface area contributed by atoms with Crippen LogP contribution in [0.4, 0.5) is 0 Å². The maximum Gasteiger partial charge on any atom is 0.192 e. The molecule has 1 aliphatic heterocycles. The topological polar surface area (TPSA) is 69.9 Å². The van der Waals surface area contributed by atoms with Crippen molar-refractivity contribution in [3.63, 3.8) is 0 Å². The van der Waals surface area contributed by atoms with Crippen molar-refractivity contribution in [2.45, 2.75) is 76.6 Å². The summed E-state index contributed by atoms with van der Waals surface area (Å²) in [6, 6.07) is 0. The lowest BCUT2D eigenvalue weighted by Gasteiger charge is -2.60. The van der Waals surface area contributed by atoms with Gasteiger partial charge in [0.25, 0.3) is 0 Å². The molecule has 5 rings (SSSR count). The van der Waals surface area contributed by atoms with E-state index in [0.29, 0.717) is 23.9 Å². The zero-order chi connectivity index (χ0) is 17.4. The smallest absolute Gasteiger partial charge is 0.192 e. The maximum absolute atomic E-state index is 10.8. The average molecular weight is 350 g/mol. The second-order valence-corrected chi connectivity index (χ2v) is 10.3. The SMILES string of the molecule is C[C@]12CC[C@H](O)C[C@@H]1CC[C@@H]1[C@@H]2CC[C@]23COC(O)(CO)[C@H]2CC[C@@H]13. The summed E-state index contributed by atoms with van der Waals surface area (Å²) in [5, 5.41) is 30.6. The molecule has 0 bridgehead atoms. The molecule has 1 heterocycles. The quantitative estimate of drug-likeness (QED) is 0.680. The van der Waals surface area contributed by atoms with E-state index in [0.717, 1.165) is 37.5 Å². The number of ether oxygens (including phenoxy) is 1. The summed E-state index contributed by atoms with van der Waals surface area (Å²) in [5.41, 5.74) is 0.505. The monoisotopic (exact) mass is 350 g/mol. The zero-order valence-electron chi connectivity index (χ0n) is 15.5. The van der Waals surface area contributed by atoms with E-state index in [1.54, 1.807) is 0 Å². The van der Waals surface area contributed by atoms with Gasteiger partial charge in [-0.2, -0.15) is 0 Å². The molecule has 0 aromatic carbocycles. The van der Waals surface area contributed by atoms with Gasteiger partial charge in [-0.3, -0.25) is 0 Å². The first-order valence-corrected chi connectivity index (χ1v) is 10.6. The van der Waals surface area contributed by atoms with Crippen LogP contribution in [0.1, 0.15) is 64.7 Å². The largest absolute Gasteiger partial charge is 0.393 e. The van der Waals surface area contributed by atoms with Gasteiger partial charge in [-0.05, 0) is 86.9 Å². The molecule has 0 amide bonds. The predicted molar refractivity (Wildman–Crippen MR) is 93.5 cm³/mol. The number of hydrogen-bond acceptors (Lipinski definition) is 4. The summed E-state index contributed by atoms with van der Waals surface area (Å²) in [6.07, 6.45) is 10.2. The van der Waals surface area contributed by atoms with E-state index in [-0.39, 0.29) is 24.0 Å². The summed E-state index contributed by atoms with van der Waals surface area (Å²) < 4.78 is 5.81. The van der Waals surface area contributed by atoms with Gasteiger partial charge in [0.1, 0.15) is 0 Å². The molecule has 1 unspecified atom stereocenters. The van der Waals surface area contributed by atoms with Gasteiger partial charge in [0.15, 0.2) is 5.79 Å². The molecule has 3 N–H and O–H groups in total. The van der Waals surface area contributed by atoms with Crippen LogP contribution in [0.3, 0.4) is 0 Å². The highest BCUT2D eigenvalue weighted by Gasteiger charge is 2.68. The highest BCUT2D eigenvalue weighted by atomic mass is 16.6. The number of rotatable bonds is 1. The van der Waals surface area contributed by atoms with Gasteiger partial charge in [-0.15, -0.1) is 0 Å². The fourth-order valence-electron chi connectivity index (χ4n) is 8.52. The lowest BCUT2D eigenvalue weighted by molar-refractivity contribution is -0.217. The van der Waals surface area contributed by atoms with Crippen LogP contribution in [-0.2, 0) is 4.74 Å². The Bertz CT molecular complexity index is 552. The van der Waals surface area contributed by atoms with Crippen LogP contribution in [0.5, 0.6) is 0 Å². The fourth-order valence-corrected chi connectivity index (χ4v) is 8.52. The number of hydrogen-bond donors (Lipinski definition) is 3. The second-order valence-electron chi connectivity index (χ2n) is 10.3. The van der Waals surface area contributed by atoms with Crippen molar-refractivity contribution in [1.82, 2.24) is 0 Å². The molecule has 4 heteroatoms. The van der Waals surface area contributed by atoms with Crippen LogP contribution < -0.4 is 0 Å². The normalized spacial score (nSPS) is 60.5. The Balaban J connectivity index is 1.45. The Morgan fingerprint density at radius 1 is 1.00 bits per heavy atom. The van der Waals surface area contributed by atoms with Gasteiger partial charge in [0.05, 0.1) is 19.3 Å². The Hall–Kier alpha value is -0.160. The van der Waals surface area contributed by atoms with Crippen molar-refractivity contribution < 1.29 is 20.1 Å². The van der Waals surface area contributed by atoms with Crippen molar-refractivity contribution in [2.75, 3.05) is 13.2 Å². The number of aliphatic hydroxyl groups excluding tert-OH is 2. The zero-order valence-corrected chi connectivity index (χ0v) is 15.5. The summed E-state index contributed by atoms with van der Waals surface area (Å²) >= 11 is 0. The minimum atomic E-state index is -1.29. The van der Waals surface area contributed by atoms with E-state index in [2.05, 4.69) is 6.92 Å². The highest BCUT2D eigenvalue weighted by Crippen LogP contribution is 2.70. The molecule has 9 atom stereocenters. The molecule has 4 aliphatic carbocycles. The number of aliphatic hydroxyl groups is 3. The van der Waals surface area contributed by atoms with E-state index in [1.165, 1.54) is 32.1 Å². The van der Waals surface area contributed by atoms with Crippen molar-refractivity contribution in [3.05, 3.63) is 0 Å². The minimum absolute atomic E-state index is 0.0804. The second kappa shape index (κ2) is 5.43. The molecule has 4 saturated carbocycles. The van der Waals surface area contributed by atoms with Crippen LogP contribution in [0.2, 0.25) is 0 Å². The third kappa shape index (κ3) is 2.09. The summed E-state index contributed by atoms with van der Waals surface area (Å²) in [7, 11) is 0. The van der Waals surface area contributed by atoms with Crippen LogP contribution in [0.15, 0.2) is 0 Å². The van der Waals surface area contributed by atoms with Gasteiger partial charge in [0.2, 0.25) is 0 Å². The first-order chi connectivity index (χ1) is 11.9. The van der Waals surface area contributed by atoms with E-state index in [9.17, 15) is 15.3 Å². The molecule has 4 nitrogen and oxygen atoms in total. The van der Waals surface area contributed by atoms with E-state index in [1.807, 2.05) is 0 Å². The molecule has 25 heavy (non-hydrogen) atoms. The standard InChI is InChI=1S/C21H34O4/c1-19-8-6-14(23)10-13(19)2-3-15-16(19)7-9-20-12-25-21(24,11-22)18(20)5-4-17(15)20/h13-18,22-24H,2-12H2,1H3/t13-,14-,15+,16-,17-,18-,19-,20+,21?/m0/s1. The Labute approximate surface area is 151 Å². The first-order valence-electron chi connectivity index (χ1n) is 10.6. The van der Waals surface area contributed by atoms with Gasteiger partial charge >= 0.3 is 0 Å². The van der Waals surface area contributed by atoms with Crippen LogP contribution in [-0.4, -0.2) is 40.4 Å². The van der Waals surface area contributed by atoms with E-state index >= 15 is 0 Å². The Morgan fingerprint density at radius 3 is 2.64 bits per heavy atom. The van der Waals surface area contributed by atoms with E-state index in [4.69, 9.17) is 4.74 Å². The molecule has 0 radical (unpaired) electrons. The fraction of sp³-hybridized carbons (Fsp3) is 1.00. The Morgan fingerprint density at radius 2 is 1.84 bits per heavy atom. The minimum Gasteiger partial charge on any atom is -0.393 e. The highest BCUT2D eigenvalue weighted by molar-refractivity contribution is 5.14. The van der Waals surface area contributed by atoms with Crippen LogP contribution in [0, 0.1) is 40.4 Å². The van der Waals surface area contributed by atoms with Crippen molar-refractivity contribution in [1.29, 1.82) is 0 Å². The maximum atomic E-state index is 10.8. The summed E-state index contributed by atoms with van der Waals surface area (Å²) in [5.74, 6) is 1.70. The van der Waals surface area contributed by atoms with Gasteiger partial charge < -0.3 is 20.1 Å². The van der Waals surface area contributed by atoms with Gasteiger partial charge in [-0.1, -0.05) is 6.92 Å². The van der Waals surface area contributed by atoms with Crippen molar-refractivity contribution >= 4 is 0 Å². The van der Waals surface area contributed by atoms with Gasteiger partial charge in [0, 0.05) is 11.3 Å². The van der Waals surface area contributed by atoms with E-state index < -0.39 is 5.79 Å². The van der Waals surface area contributed by atoms with Crippen LogP contribution >= 0.6 is 0 Å². The lowest BCUT2D eigenvalue weighted by atomic mass is 9.44. The summed E-state index contributed by atoms with van der Waals surface area (Å²) in [4.78, 5) is 0. The third-order valence-electron chi connectivity index (χ3n) is 9.72. The van der Waals surface area contributed by atoms with Crippen molar-refractivity contribution in [3.8, 4) is 0 Å². The molecular weight excluding hydrogens is 316 g/mol. The predicted octanol–water partition coefficient (Wildman–Crippen LogP) is 2.70. The summed E-state index contributed by atoms with van der Waals surface area (Å²) in [6.45, 7) is 2.89. The molecule has 1 saturated heterocycles. The first kappa shape index (κ1) is 17.0. The third-order valence-corrected chi connectivity index (χ3v) is 9.72. The molecule has 1 spiro atoms. The number of fused-ring (bicyclic) bond motifs is 4. The molecule has 0 aromatic rings. The average Bonchev–Trinajstić information content (AvgIpc) is 3.12. The van der Waals surface area contributed by atoms with Gasteiger partial charge in [-0.25, -0.2) is 0 Å². The lowest BCUT2D eigenvalue weighted by Crippen LogP contribution is -2.55. The Kier molecular flexibility index (Phi) is 3.69. The molecule has 5 fully saturated rings. The molecular formula is C21H34O4. The molecule has 142 valence electrons. The van der Waals surface area contributed by atoms with Crippen LogP contribution in [0.25, 0.3) is 0 Å². The molecule has 0 aromatic heterocycles.